The molecule has 1 atom stereocenters. The Hall–Kier alpha value is -2.19. The molecule has 2 aliphatic rings. The standard InChI is InChI=1S/C18H19N3O3S2/c1-12-13-8-10-25-15(13)7-9-21(12)17(22)11-20(2)18-14-5-3-4-6-16(14)26(23,24)19-18/h3-6,8,10,12H,7,9,11H2,1-2H3/t12-/m0/s1. The van der Waals surface area contributed by atoms with Crippen molar-refractivity contribution in [2.24, 2.45) is 4.40 Å². The smallest absolute Gasteiger partial charge is 0.285 e. The van der Waals surface area contributed by atoms with Crippen molar-refractivity contribution in [1.29, 1.82) is 0 Å². The first-order chi connectivity index (χ1) is 12.4. The summed E-state index contributed by atoms with van der Waals surface area (Å²) in [6.07, 6.45) is 0.866. The molecule has 2 aliphatic heterocycles. The maximum atomic E-state index is 12.9. The van der Waals surface area contributed by atoms with Gasteiger partial charge in [0.15, 0.2) is 5.84 Å². The topological polar surface area (TPSA) is 70.1 Å². The maximum absolute atomic E-state index is 12.9. The van der Waals surface area contributed by atoms with Gasteiger partial charge in [-0.25, -0.2) is 0 Å². The molecule has 136 valence electrons. The van der Waals surface area contributed by atoms with Crippen molar-refractivity contribution in [3.63, 3.8) is 0 Å². The van der Waals surface area contributed by atoms with E-state index in [0.29, 0.717) is 17.9 Å². The Labute approximate surface area is 156 Å². The molecular formula is C18H19N3O3S2. The summed E-state index contributed by atoms with van der Waals surface area (Å²) in [5, 5.41) is 2.07. The van der Waals surface area contributed by atoms with Crippen molar-refractivity contribution in [2.75, 3.05) is 20.1 Å². The van der Waals surface area contributed by atoms with Crippen molar-refractivity contribution < 1.29 is 13.2 Å². The molecule has 1 aromatic heterocycles. The molecule has 1 amide bonds. The van der Waals surface area contributed by atoms with Gasteiger partial charge in [0.25, 0.3) is 10.0 Å². The maximum Gasteiger partial charge on any atom is 0.285 e. The molecule has 0 spiro atoms. The number of amidine groups is 1. The van der Waals surface area contributed by atoms with Crippen molar-refractivity contribution >= 4 is 33.1 Å². The van der Waals surface area contributed by atoms with Gasteiger partial charge in [0.2, 0.25) is 5.91 Å². The van der Waals surface area contributed by atoms with Crippen LogP contribution in [0, 0.1) is 0 Å². The molecule has 0 N–H and O–H groups in total. The zero-order chi connectivity index (χ0) is 18.5. The van der Waals surface area contributed by atoms with E-state index in [0.717, 1.165) is 6.42 Å². The van der Waals surface area contributed by atoms with Crippen molar-refractivity contribution in [3.05, 3.63) is 51.7 Å². The number of thiophene rings is 1. The van der Waals surface area contributed by atoms with E-state index in [9.17, 15) is 13.2 Å². The van der Waals surface area contributed by atoms with Crippen LogP contribution in [0.2, 0.25) is 0 Å². The van der Waals surface area contributed by atoms with Gasteiger partial charge in [-0.2, -0.15) is 8.42 Å². The molecular weight excluding hydrogens is 370 g/mol. The van der Waals surface area contributed by atoms with E-state index in [1.807, 2.05) is 11.8 Å². The van der Waals surface area contributed by atoms with Crippen molar-refractivity contribution in [3.8, 4) is 0 Å². The fourth-order valence-corrected chi connectivity index (χ4v) is 5.80. The van der Waals surface area contributed by atoms with Gasteiger partial charge in [-0.05, 0) is 42.5 Å². The molecule has 0 aliphatic carbocycles. The number of nitrogens with zero attached hydrogens (tertiary/aromatic N) is 3. The van der Waals surface area contributed by atoms with Crippen LogP contribution >= 0.6 is 11.3 Å². The summed E-state index contributed by atoms with van der Waals surface area (Å²) < 4.78 is 28.3. The molecule has 3 heterocycles. The number of hydrogen-bond donors (Lipinski definition) is 0. The Morgan fingerprint density at radius 2 is 2.12 bits per heavy atom. The second-order valence-electron chi connectivity index (χ2n) is 6.55. The van der Waals surface area contributed by atoms with Crippen LogP contribution in [0.1, 0.15) is 29.0 Å². The number of sulfonamides is 1. The normalized spacial score (nSPS) is 20.3. The quantitative estimate of drug-likeness (QED) is 0.790. The van der Waals surface area contributed by atoms with E-state index in [4.69, 9.17) is 0 Å². The van der Waals surface area contributed by atoms with Crippen LogP contribution in [0.5, 0.6) is 0 Å². The lowest BCUT2D eigenvalue weighted by Gasteiger charge is -2.35. The fraction of sp³-hybridized carbons (Fsp3) is 0.333. The van der Waals surface area contributed by atoms with Gasteiger partial charge in [-0.1, -0.05) is 12.1 Å². The summed E-state index contributed by atoms with van der Waals surface area (Å²) in [6.45, 7) is 2.81. The van der Waals surface area contributed by atoms with Gasteiger partial charge < -0.3 is 9.80 Å². The van der Waals surface area contributed by atoms with E-state index in [1.54, 1.807) is 47.5 Å². The summed E-state index contributed by atoms with van der Waals surface area (Å²) >= 11 is 1.74. The van der Waals surface area contributed by atoms with Crippen LogP contribution in [-0.2, 0) is 21.2 Å². The number of amides is 1. The highest BCUT2D eigenvalue weighted by Gasteiger charge is 2.33. The first-order valence-corrected chi connectivity index (χ1v) is 10.7. The molecule has 0 saturated carbocycles. The summed E-state index contributed by atoms with van der Waals surface area (Å²) in [7, 11) is -1.97. The number of carbonyl (C=O) groups excluding carboxylic acids is 1. The number of carbonyl (C=O) groups is 1. The zero-order valence-electron chi connectivity index (χ0n) is 14.5. The monoisotopic (exact) mass is 389 g/mol. The lowest BCUT2D eigenvalue weighted by Crippen LogP contribution is -2.44. The summed E-state index contributed by atoms with van der Waals surface area (Å²) in [5.41, 5.74) is 1.76. The van der Waals surface area contributed by atoms with Gasteiger partial charge in [-0.15, -0.1) is 15.7 Å². The highest BCUT2D eigenvalue weighted by molar-refractivity contribution is 7.90. The average Bonchev–Trinajstić information content (AvgIpc) is 3.19. The lowest BCUT2D eigenvalue weighted by molar-refractivity contribution is -0.133. The molecule has 0 saturated heterocycles. The van der Waals surface area contributed by atoms with Crippen molar-refractivity contribution in [2.45, 2.75) is 24.3 Å². The second-order valence-corrected chi connectivity index (χ2v) is 9.13. The number of rotatable bonds is 2. The molecule has 6 nitrogen and oxygen atoms in total. The Kier molecular flexibility index (Phi) is 4.11. The molecule has 0 bridgehead atoms. The SMILES string of the molecule is C[C@H]1c2ccsc2CCN1C(=O)CN(C)C1=NS(=O)(=O)c2ccccc21. The fourth-order valence-electron chi connectivity index (χ4n) is 3.58. The van der Waals surface area contributed by atoms with Crippen LogP contribution in [-0.4, -0.2) is 50.1 Å². The molecule has 0 fully saturated rings. The summed E-state index contributed by atoms with van der Waals surface area (Å²) in [6, 6.07) is 8.83. The Balaban J connectivity index is 1.54. The van der Waals surface area contributed by atoms with Gasteiger partial charge in [-0.3, -0.25) is 4.79 Å². The van der Waals surface area contributed by atoms with Crippen LogP contribution < -0.4 is 0 Å². The van der Waals surface area contributed by atoms with E-state index in [2.05, 4.69) is 15.8 Å². The van der Waals surface area contributed by atoms with Crippen LogP contribution in [0.25, 0.3) is 0 Å². The molecule has 4 rings (SSSR count). The number of likely N-dealkylation sites (N-methyl/N-ethyl adjacent to an activating group) is 1. The Bertz CT molecular complexity index is 1010. The third-order valence-electron chi connectivity index (χ3n) is 4.94. The molecule has 0 radical (unpaired) electrons. The predicted octanol–water partition coefficient (Wildman–Crippen LogP) is 2.27. The predicted molar refractivity (Wildman–Crippen MR) is 101 cm³/mol. The van der Waals surface area contributed by atoms with Gasteiger partial charge >= 0.3 is 0 Å². The van der Waals surface area contributed by atoms with Crippen LogP contribution in [0.15, 0.2) is 45.0 Å². The second kappa shape index (κ2) is 6.21. The Morgan fingerprint density at radius 3 is 2.92 bits per heavy atom. The first kappa shape index (κ1) is 17.2. The average molecular weight is 390 g/mol. The minimum Gasteiger partial charge on any atom is -0.349 e. The van der Waals surface area contributed by atoms with E-state index < -0.39 is 10.0 Å². The van der Waals surface area contributed by atoms with Gasteiger partial charge in [0.05, 0.1) is 12.6 Å². The molecule has 2 aromatic rings. The number of benzene rings is 1. The van der Waals surface area contributed by atoms with Crippen LogP contribution in [0.3, 0.4) is 0 Å². The summed E-state index contributed by atoms with van der Waals surface area (Å²) in [4.78, 5) is 17.9. The Morgan fingerprint density at radius 1 is 1.35 bits per heavy atom. The largest absolute Gasteiger partial charge is 0.349 e. The van der Waals surface area contributed by atoms with E-state index in [-0.39, 0.29) is 23.4 Å². The molecule has 8 heteroatoms. The lowest BCUT2D eigenvalue weighted by atomic mass is 10.0. The molecule has 0 unspecified atom stereocenters. The highest BCUT2D eigenvalue weighted by atomic mass is 32.2. The zero-order valence-corrected chi connectivity index (χ0v) is 16.2. The number of fused-ring (bicyclic) bond motifs is 2. The number of hydrogen-bond acceptors (Lipinski definition) is 5. The molecule has 26 heavy (non-hydrogen) atoms. The van der Waals surface area contributed by atoms with Gasteiger partial charge in [0, 0.05) is 24.0 Å². The van der Waals surface area contributed by atoms with E-state index in [1.165, 1.54) is 10.4 Å². The highest BCUT2D eigenvalue weighted by Crippen LogP contribution is 2.33. The minimum atomic E-state index is -3.68. The first-order valence-electron chi connectivity index (χ1n) is 8.40. The van der Waals surface area contributed by atoms with Crippen LogP contribution in [0.4, 0.5) is 0 Å². The van der Waals surface area contributed by atoms with Gasteiger partial charge in [0.1, 0.15) is 4.90 Å². The summed E-state index contributed by atoms with van der Waals surface area (Å²) in [5.74, 6) is 0.302. The third-order valence-corrected chi connectivity index (χ3v) is 7.27. The van der Waals surface area contributed by atoms with E-state index >= 15 is 0 Å². The van der Waals surface area contributed by atoms with Crippen molar-refractivity contribution in [1.82, 2.24) is 9.80 Å². The third kappa shape index (κ3) is 2.73. The minimum absolute atomic E-state index is 0.0265. The molecule has 1 aromatic carbocycles.